The van der Waals surface area contributed by atoms with Crippen molar-refractivity contribution in [2.45, 2.75) is 37.6 Å². The van der Waals surface area contributed by atoms with Crippen molar-refractivity contribution in [2.24, 2.45) is 0 Å². The zero-order valence-corrected chi connectivity index (χ0v) is 17.1. The third-order valence-electron chi connectivity index (χ3n) is 5.29. The molecule has 8 heteroatoms. The first-order valence-corrected chi connectivity index (χ1v) is 10.9. The number of aryl methyl sites for hydroxylation is 2. The van der Waals surface area contributed by atoms with E-state index < -0.39 is 16.1 Å². The maximum Gasteiger partial charge on any atom is 0.245 e. The molecular weight excluding hydrogens is 388 g/mol. The second kappa shape index (κ2) is 7.53. The summed E-state index contributed by atoms with van der Waals surface area (Å²) >= 11 is 0. The van der Waals surface area contributed by atoms with Crippen molar-refractivity contribution in [1.29, 1.82) is 0 Å². The smallest absolute Gasteiger partial charge is 0.245 e. The molecule has 0 spiro atoms. The highest BCUT2D eigenvalue weighted by molar-refractivity contribution is 7.89. The number of anilines is 1. The summed E-state index contributed by atoms with van der Waals surface area (Å²) in [5.74, 6) is -0.335. The number of nitrogens with one attached hydrogen (secondary N) is 1. The van der Waals surface area contributed by atoms with E-state index in [1.54, 1.807) is 30.6 Å². The SMILES string of the molecule is Cc1ccnc(C)c1NC(=O)[C@@H]1CCCN1S(=O)(=O)c1cccc2cccnc12. The summed E-state index contributed by atoms with van der Waals surface area (Å²) < 4.78 is 28.2. The van der Waals surface area contributed by atoms with Gasteiger partial charge in [-0.2, -0.15) is 4.31 Å². The number of hydrogen-bond acceptors (Lipinski definition) is 5. The number of hydrogen-bond donors (Lipinski definition) is 1. The summed E-state index contributed by atoms with van der Waals surface area (Å²) in [4.78, 5) is 21.6. The van der Waals surface area contributed by atoms with Gasteiger partial charge in [0.15, 0.2) is 0 Å². The van der Waals surface area contributed by atoms with Gasteiger partial charge in [-0.3, -0.25) is 14.8 Å². The van der Waals surface area contributed by atoms with E-state index in [-0.39, 0.29) is 10.8 Å². The highest BCUT2D eigenvalue weighted by Gasteiger charge is 2.40. The molecule has 0 unspecified atom stereocenters. The Labute approximate surface area is 169 Å². The van der Waals surface area contributed by atoms with Crippen LogP contribution in [0.5, 0.6) is 0 Å². The summed E-state index contributed by atoms with van der Waals surface area (Å²) in [6, 6.07) is 9.71. The van der Waals surface area contributed by atoms with E-state index in [1.807, 2.05) is 32.0 Å². The summed E-state index contributed by atoms with van der Waals surface area (Å²) in [6.45, 7) is 4.00. The van der Waals surface area contributed by atoms with E-state index >= 15 is 0 Å². The van der Waals surface area contributed by atoms with E-state index in [2.05, 4.69) is 15.3 Å². The zero-order valence-electron chi connectivity index (χ0n) is 16.3. The fourth-order valence-corrected chi connectivity index (χ4v) is 5.61. The first-order valence-electron chi connectivity index (χ1n) is 9.48. The van der Waals surface area contributed by atoms with E-state index in [0.717, 1.165) is 10.9 Å². The number of carbonyl (C=O) groups excluding carboxylic acids is 1. The van der Waals surface area contributed by atoms with Crippen molar-refractivity contribution in [3.8, 4) is 0 Å². The number of pyridine rings is 2. The number of fused-ring (bicyclic) bond motifs is 1. The predicted molar refractivity (Wildman–Crippen MR) is 111 cm³/mol. The normalized spacial score (nSPS) is 17.5. The Morgan fingerprint density at radius 1 is 1.10 bits per heavy atom. The van der Waals surface area contributed by atoms with Gasteiger partial charge in [-0.25, -0.2) is 8.42 Å². The Bertz CT molecular complexity index is 1170. The molecule has 1 atom stereocenters. The molecule has 1 amide bonds. The van der Waals surface area contributed by atoms with Gasteiger partial charge in [0.1, 0.15) is 10.9 Å². The highest BCUT2D eigenvalue weighted by Crippen LogP contribution is 2.30. The predicted octanol–water partition coefficient (Wildman–Crippen LogP) is 3.04. The molecule has 3 heterocycles. The Hall–Kier alpha value is -2.84. The third-order valence-corrected chi connectivity index (χ3v) is 7.23. The lowest BCUT2D eigenvalue weighted by Crippen LogP contribution is -2.43. The van der Waals surface area contributed by atoms with Crippen LogP contribution in [0.25, 0.3) is 10.9 Å². The number of benzene rings is 1. The summed E-state index contributed by atoms with van der Waals surface area (Å²) in [7, 11) is -3.88. The van der Waals surface area contributed by atoms with Crippen molar-refractivity contribution in [3.63, 3.8) is 0 Å². The van der Waals surface area contributed by atoms with Crippen LogP contribution in [0.2, 0.25) is 0 Å². The largest absolute Gasteiger partial charge is 0.323 e. The molecule has 7 nitrogen and oxygen atoms in total. The van der Waals surface area contributed by atoms with Gasteiger partial charge >= 0.3 is 0 Å². The Morgan fingerprint density at radius 2 is 1.90 bits per heavy atom. The molecule has 29 heavy (non-hydrogen) atoms. The molecule has 0 radical (unpaired) electrons. The minimum atomic E-state index is -3.88. The number of nitrogens with zero attached hydrogens (tertiary/aromatic N) is 3. The van der Waals surface area contributed by atoms with Crippen LogP contribution in [0.3, 0.4) is 0 Å². The number of rotatable bonds is 4. The quantitative estimate of drug-likeness (QED) is 0.714. The molecule has 1 aliphatic heterocycles. The maximum absolute atomic E-state index is 13.4. The van der Waals surface area contributed by atoms with E-state index in [1.165, 1.54) is 4.31 Å². The molecule has 1 aromatic carbocycles. The van der Waals surface area contributed by atoms with Gasteiger partial charge in [-0.1, -0.05) is 18.2 Å². The third kappa shape index (κ3) is 3.49. The van der Waals surface area contributed by atoms with Gasteiger partial charge < -0.3 is 5.32 Å². The van der Waals surface area contributed by atoms with Crippen LogP contribution >= 0.6 is 0 Å². The fourth-order valence-electron chi connectivity index (χ4n) is 3.79. The van der Waals surface area contributed by atoms with Crippen LogP contribution < -0.4 is 5.32 Å². The topological polar surface area (TPSA) is 92.3 Å². The van der Waals surface area contributed by atoms with Gasteiger partial charge in [-0.15, -0.1) is 0 Å². The number of sulfonamides is 1. The average Bonchev–Trinajstić information content (AvgIpc) is 3.21. The summed E-state index contributed by atoms with van der Waals surface area (Å²) in [5, 5.41) is 3.63. The van der Waals surface area contributed by atoms with Crippen LogP contribution in [0.15, 0.2) is 53.7 Å². The average molecular weight is 410 g/mol. The molecule has 1 saturated heterocycles. The molecule has 0 bridgehead atoms. The molecule has 0 aliphatic carbocycles. The Morgan fingerprint density at radius 3 is 2.69 bits per heavy atom. The van der Waals surface area contributed by atoms with Crippen molar-refractivity contribution in [2.75, 3.05) is 11.9 Å². The van der Waals surface area contributed by atoms with Gasteiger partial charge in [0.05, 0.1) is 16.9 Å². The molecule has 1 N–H and O–H groups in total. The van der Waals surface area contributed by atoms with Gasteiger partial charge in [-0.05, 0) is 50.5 Å². The molecular formula is C21H22N4O3S. The first kappa shape index (κ1) is 19.5. The van der Waals surface area contributed by atoms with E-state index in [0.29, 0.717) is 36.3 Å². The molecule has 4 rings (SSSR count). The van der Waals surface area contributed by atoms with Crippen molar-refractivity contribution in [3.05, 3.63) is 60.0 Å². The van der Waals surface area contributed by atoms with Gasteiger partial charge in [0, 0.05) is 24.3 Å². The monoisotopic (exact) mass is 410 g/mol. The number of aromatic nitrogens is 2. The van der Waals surface area contributed by atoms with Crippen LogP contribution in [-0.2, 0) is 14.8 Å². The molecule has 1 fully saturated rings. The summed E-state index contributed by atoms with van der Waals surface area (Å²) in [6.07, 6.45) is 4.35. The zero-order chi connectivity index (χ0) is 20.6. The lowest BCUT2D eigenvalue weighted by molar-refractivity contribution is -0.119. The second-order valence-electron chi connectivity index (χ2n) is 7.18. The molecule has 2 aromatic heterocycles. The minimum absolute atomic E-state index is 0.129. The summed E-state index contributed by atoms with van der Waals surface area (Å²) in [5.41, 5.74) is 2.63. The lowest BCUT2D eigenvalue weighted by Gasteiger charge is -2.24. The van der Waals surface area contributed by atoms with E-state index in [9.17, 15) is 13.2 Å². The molecule has 0 saturated carbocycles. The van der Waals surface area contributed by atoms with Crippen LogP contribution in [-0.4, -0.2) is 41.2 Å². The number of amides is 1. The second-order valence-corrected chi connectivity index (χ2v) is 9.04. The van der Waals surface area contributed by atoms with Crippen molar-refractivity contribution >= 4 is 32.5 Å². The molecule has 150 valence electrons. The van der Waals surface area contributed by atoms with Gasteiger partial charge in [0.2, 0.25) is 15.9 Å². The fraction of sp³-hybridized carbons (Fsp3) is 0.286. The highest BCUT2D eigenvalue weighted by atomic mass is 32.2. The van der Waals surface area contributed by atoms with E-state index in [4.69, 9.17) is 0 Å². The standard InChI is InChI=1S/C21H22N4O3S/c1-14-10-12-22-15(2)19(14)24-21(26)17-8-5-13-25(17)29(27,28)18-9-3-6-16-7-4-11-23-20(16)18/h3-4,6-7,9-12,17H,5,8,13H2,1-2H3,(H,24,26)/t17-/m0/s1. The minimum Gasteiger partial charge on any atom is -0.323 e. The maximum atomic E-state index is 13.4. The van der Waals surface area contributed by atoms with Crippen LogP contribution in [0.4, 0.5) is 5.69 Å². The van der Waals surface area contributed by atoms with Crippen LogP contribution in [0, 0.1) is 13.8 Å². The number of carbonyl (C=O) groups is 1. The first-order chi connectivity index (χ1) is 13.9. The van der Waals surface area contributed by atoms with Gasteiger partial charge in [0.25, 0.3) is 0 Å². The molecule has 3 aromatic rings. The number of para-hydroxylation sites is 1. The van der Waals surface area contributed by atoms with Crippen molar-refractivity contribution in [1.82, 2.24) is 14.3 Å². The van der Waals surface area contributed by atoms with Crippen LogP contribution in [0.1, 0.15) is 24.1 Å². The molecule has 1 aliphatic rings. The van der Waals surface area contributed by atoms with Crippen molar-refractivity contribution < 1.29 is 13.2 Å². The Balaban J connectivity index is 1.68. The Kier molecular flexibility index (Phi) is 5.06. The lowest BCUT2D eigenvalue weighted by atomic mass is 10.1.